The van der Waals surface area contributed by atoms with E-state index in [0.29, 0.717) is 5.41 Å². The predicted octanol–water partition coefficient (Wildman–Crippen LogP) is 4.76. The van der Waals surface area contributed by atoms with Gasteiger partial charge in [-0.1, -0.05) is 42.0 Å². The maximum atomic E-state index is 2.49. The molecule has 1 aromatic carbocycles. The van der Waals surface area contributed by atoms with Gasteiger partial charge in [0.15, 0.2) is 0 Å². The molecule has 0 heterocycles. The van der Waals surface area contributed by atoms with Crippen molar-refractivity contribution in [1.29, 1.82) is 0 Å². The molecule has 1 aromatic rings. The third-order valence-electron chi connectivity index (χ3n) is 4.92. The second-order valence-corrected chi connectivity index (χ2v) is 5.86. The fourth-order valence-electron chi connectivity index (χ4n) is 3.67. The molecule has 0 bridgehead atoms. The van der Waals surface area contributed by atoms with Crippen molar-refractivity contribution in [2.45, 2.75) is 45.4 Å². The Morgan fingerprint density at radius 2 is 2.06 bits per heavy atom. The number of benzene rings is 1. The lowest BCUT2D eigenvalue weighted by molar-refractivity contribution is 0.438. The van der Waals surface area contributed by atoms with Crippen LogP contribution < -0.4 is 0 Å². The summed E-state index contributed by atoms with van der Waals surface area (Å²) in [6, 6.07) is 10.9. The molecular formula is C17H22. The molecule has 0 heteroatoms. The third kappa shape index (κ3) is 2.06. The Morgan fingerprint density at radius 3 is 2.82 bits per heavy atom. The molecule has 1 spiro atoms. The number of rotatable bonds is 3. The van der Waals surface area contributed by atoms with E-state index in [2.05, 4.69) is 43.3 Å². The predicted molar refractivity (Wildman–Crippen MR) is 72.9 cm³/mol. The molecule has 0 amide bonds. The van der Waals surface area contributed by atoms with Crippen molar-refractivity contribution in [3.63, 3.8) is 0 Å². The highest BCUT2D eigenvalue weighted by molar-refractivity contribution is 5.26. The van der Waals surface area contributed by atoms with Crippen LogP contribution in [0.5, 0.6) is 0 Å². The summed E-state index contributed by atoms with van der Waals surface area (Å²) in [4.78, 5) is 0. The summed E-state index contributed by atoms with van der Waals surface area (Å²) in [6.07, 6.45) is 10.8. The van der Waals surface area contributed by atoms with E-state index in [9.17, 15) is 0 Å². The van der Waals surface area contributed by atoms with Gasteiger partial charge in [0.1, 0.15) is 0 Å². The molecule has 2 atom stereocenters. The van der Waals surface area contributed by atoms with Gasteiger partial charge in [0.05, 0.1) is 0 Å². The molecule has 1 saturated carbocycles. The second kappa shape index (κ2) is 4.33. The first kappa shape index (κ1) is 11.1. The number of allylic oxidation sites excluding steroid dienone is 2. The van der Waals surface area contributed by atoms with Crippen LogP contribution in [0.2, 0.25) is 0 Å². The zero-order valence-corrected chi connectivity index (χ0v) is 10.8. The Bertz CT molecular complexity index is 415. The quantitative estimate of drug-likeness (QED) is 0.652. The highest BCUT2D eigenvalue weighted by Crippen LogP contribution is 2.64. The van der Waals surface area contributed by atoms with Crippen LogP contribution >= 0.6 is 0 Å². The summed E-state index contributed by atoms with van der Waals surface area (Å²) in [5.41, 5.74) is 3.85. The van der Waals surface area contributed by atoms with Gasteiger partial charge in [-0.3, -0.25) is 0 Å². The zero-order valence-electron chi connectivity index (χ0n) is 10.8. The van der Waals surface area contributed by atoms with E-state index in [-0.39, 0.29) is 0 Å². The van der Waals surface area contributed by atoms with E-state index < -0.39 is 0 Å². The van der Waals surface area contributed by atoms with E-state index in [0.717, 1.165) is 5.92 Å². The molecule has 17 heavy (non-hydrogen) atoms. The summed E-state index contributed by atoms with van der Waals surface area (Å²) >= 11 is 0. The van der Waals surface area contributed by atoms with Gasteiger partial charge in [-0.2, -0.15) is 0 Å². The Hall–Kier alpha value is -1.04. The molecule has 0 aliphatic heterocycles. The van der Waals surface area contributed by atoms with Crippen molar-refractivity contribution in [3.05, 3.63) is 47.5 Å². The minimum absolute atomic E-state index is 0.646. The summed E-state index contributed by atoms with van der Waals surface area (Å²) in [5.74, 6) is 0.972. The Morgan fingerprint density at radius 1 is 1.24 bits per heavy atom. The van der Waals surface area contributed by atoms with Gasteiger partial charge in [0.25, 0.3) is 0 Å². The van der Waals surface area contributed by atoms with Gasteiger partial charge >= 0.3 is 0 Å². The van der Waals surface area contributed by atoms with Gasteiger partial charge in [0.2, 0.25) is 0 Å². The Kier molecular flexibility index (Phi) is 2.82. The molecule has 0 N–H and O–H groups in total. The molecule has 0 aromatic heterocycles. The molecule has 3 rings (SSSR count). The zero-order chi connectivity index (χ0) is 11.7. The third-order valence-corrected chi connectivity index (χ3v) is 4.92. The largest absolute Gasteiger partial charge is 0.0850 e. The van der Waals surface area contributed by atoms with E-state index in [1.165, 1.54) is 44.1 Å². The van der Waals surface area contributed by atoms with Gasteiger partial charge < -0.3 is 0 Å². The first-order valence-corrected chi connectivity index (χ1v) is 7.02. The van der Waals surface area contributed by atoms with Crippen LogP contribution in [0.25, 0.3) is 0 Å². The molecule has 0 unspecified atom stereocenters. The maximum absolute atomic E-state index is 2.49. The van der Waals surface area contributed by atoms with Gasteiger partial charge in [-0.05, 0) is 62.3 Å². The lowest BCUT2D eigenvalue weighted by atomic mass is 9.82. The highest BCUT2D eigenvalue weighted by Gasteiger charge is 2.54. The Balaban J connectivity index is 1.59. The van der Waals surface area contributed by atoms with Crippen molar-refractivity contribution in [2.24, 2.45) is 11.3 Å². The Labute approximate surface area is 105 Å². The average Bonchev–Trinajstić information content (AvgIpc) is 3.07. The van der Waals surface area contributed by atoms with Crippen LogP contribution in [-0.4, -0.2) is 0 Å². The van der Waals surface area contributed by atoms with Crippen molar-refractivity contribution in [2.75, 3.05) is 0 Å². The molecule has 2 aliphatic carbocycles. The monoisotopic (exact) mass is 226 g/mol. The number of hydrogen-bond acceptors (Lipinski definition) is 0. The van der Waals surface area contributed by atoms with Gasteiger partial charge in [0, 0.05) is 0 Å². The molecule has 2 aliphatic rings. The van der Waals surface area contributed by atoms with Crippen LogP contribution in [0.3, 0.4) is 0 Å². The summed E-state index contributed by atoms with van der Waals surface area (Å²) in [7, 11) is 0. The first-order chi connectivity index (χ1) is 8.31. The fraction of sp³-hybridized carbons (Fsp3) is 0.529. The van der Waals surface area contributed by atoms with E-state index in [1.54, 1.807) is 5.57 Å². The topological polar surface area (TPSA) is 0 Å². The smallest absolute Gasteiger partial charge is 0.00591 e. The molecule has 0 nitrogen and oxygen atoms in total. The van der Waals surface area contributed by atoms with E-state index in [4.69, 9.17) is 0 Å². The standard InChI is InChI=1S/C17H22/c1-14-7-5-6-12-17(14)13-16(17)11-10-15-8-3-2-4-9-15/h2-4,7-9,16H,5-6,10-13H2,1H3/t16-,17+/m1/s1. The number of hydrogen-bond donors (Lipinski definition) is 0. The van der Waals surface area contributed by atoms with Crippen molar-refractivity contribution in [3.8, 4) is 0 Å². The summed E-state index contributed by atoms with van der Waals surface area (Å²) in [5, 5.41) is 0. The number of aryl methyl sites for hydroxylation is 1. The molecule has 0 radical (unpaired) electrons. The summed E-state index contributed by atoms with van der Waals surface area (Å²) < 4.78 is 0. The van der Waals surface area contributed by atoms with Crippen LogP contribution in [0.15, 0.2) is 42.0 Å². The molecule has 1 fully saturated rings. The SMILES string of the molecule is CC1=CCCC[C@]12C[C@H]2CCc1ccccc1. The van der Waals surface area contributed by atoms with Crippen LogP contribution in [0, 0.1) is 11.3 Å². The van der Waals surface area contributed by atoms with Crippen molar-refractivity contribution in [1.82, 2.24) is 0 Å². The van der Waals surface area contributed by atoms with Crippen LogP contribution in [0.1, 0.15) is 44.6 Å². The molecule has 90 valence electrons. The minimum Gasteiger partial charge on any atom is -0.0850 e. The first-order valence-electron chi connectivity index (χ1n) is 7.02. The summed E-state index contributed by atoms with van der Waals surface area (Å²) in [6.45, 7) is 2.36. The van der Waals surface area contributed by atoms with Crippen molar-refractivity contribution >= 4 is 0 Å². The van der Waals surface area contributed by atoms with E-state index in [1.807, 2.05) is 0 Å². The van der Waals surface area contributed by atoms with Crippen molar-refractivity contribution < 1.29 is 0 Å². The van der Waals surface area contributed by atoms with Crippen LogP contribution in [0.4, 0.5) is 0 Å². The lowest BCUT2D eigenvalue weighted by Crippen LogP contribution is -2.10. The van der Waals surface area contributed by atoms with E-state index >= 15 is 0 Å². The minimum atomic E-state index is 0.646. The average molecular weight is 226 g/mol. The lowest BCUT2D eigenvalue weighted by Gasteiger charge is -2.23. The highest BCUT2D eigenvalue weighted by atomic mass is 14.6. The second-order valence-electron chi connectivity index (χ2n) is 5.86. The fourth-order valence-corrected chi connectivity index (χ4v) is 3.67. The normalized spacial score (nSPS) is 31.4. The molecule has 0 saturated heterocycles. The van der Waals surface area contributed by atoms with Gasteiger partial charge in [-0.25, -0.2) is 0 Å². The van der Waals surface area contributed by atoms with Crippen LogP contribution in [-0.2, 0) is 6.42 Å². The maximum Gasteiger partial charge on any atom is -0.00591 e. The molecular weight excluding hydrogens is 204 g/mol. The van der Waals surface area contributed by atoms with Gasteiger partial charge in [-0.15, -0.1) is 0 Å².